The average molecular weight is 431 g/mol. The van der Waals surface area contributed by atoms with Crippen LogP contribution in [0.15, 0.2) is 0 Å². The van der Waals surface area contributed by atoms with E-state index in [2.05, 4.69) is 17.9 Å². The van der Waals surface area contributed by atoms with Crippen LogP contribution in [0.1, 0.15) is 78.1 Å². The minimum atomic E-state index is -0.716. The van der Waals surface area contributed by atoms with Crippen molar-refractivity contribution in [1.82, 2.24) is 10.4 Å². The number of amides is 1. The first-order valence-electron chi connectivity index (χ1n) is 10.8. The monoisotopic (exact) mass is 430 g/mol. The molecule has 5 nitrogen and oxygen atoms in total. The minimum absolute atomic E-state index is 0.125. The summed E-state index contributed by atoms with van der Waals surface area (Å²) in [7, 11) is 0. The number of nitrogens with zero attached hydrogens (tertiary/aromatic N) is 1. The molecule has 0 aromatic carbocycles. The molecule has 7 heteroatoms. The van der Waals surface area contributed by atoms with Crippen LogP contribution in [0.25, 0.3) is 0 Å². The van der Waals surface area contributed by atoms with E-state index in [1.165, 1.54) is 38.5 Å². The van der Waals surface area contributed by atoms with Gasteiger partial charge in [0.1, 0.15) is 6.04 Å². The van der Waals surface area contributed by atoms with Gasteiger partial charge in [-0.25, -0.2) is 4.79 Å². The van der Waals surface area contributed by atoms with Gasteiger partial charge in [-0.1, -0.05) is 52.4 Å². The maximum absolute atomic E-state index is 13.0. The lowest BCUT2D eigenvalue weighted by Gasteiger charge is -2.40. The molecule has 0 aromatic rings. The number of hydrogen-bond acceptors (Lipinski definition) is 6. The molecule has 0 unspecified atom stereocenters. The molecule has 0 saturated heterocycles. The van der Waals surface area contributed by atoms with Crippen LogP contribution in [-0.4, -0.2) is 52.8 Å². The number of rotatable bonds is 9. The Morgan fingerprint density at radius 3 is 2.00 bits per heavy atom. The number of hydroxylamine groups is 2. The molecule has 2 rings (SSSR count). The summed E-state index contributed by atoms with van der Waals surface area (Å²) in [5, 5.41) is 4.88. The van der Waals surface area contributed by atoms with E-state index in [0.717, 1.165) is 25.7 Å². The molecule has 2 aliphatic carbocycles. The van der Waals surface area contributed by atoms with Crippen molar-refractivity contribution in [3.8, 4) is 0 Å². The van der Waals surface area contributed by atoms with E-state index < -0.39 is 11.5 Å². The van der Waals surface area contributed by atoms with Crippen LogP contribution in [0.5, 0.6) is 0 Å². The molecule has 1 atom stereocenters. The highest BCUT2D eigenvalue weighted by Gasteiger charge is 2.36. The highest BCUT2D eigenvalue weighted by Crippen LogP contribution is 2.30. The van der Waals surface area contributed by atoms with Crippen LogP contribution in [-0.2, 0) is 14.4 Å². The van der Waals surface area contributed by atoms with Gasteiger partial charge >= 0.3 is 5.97 Å². The van der Waals surface area contributed by atoms with Crippen molar-refractivity contribution in [3.63, 3.8) is 0 Å². The highest BCUT2D eigenvalue weighted by atomic mass is 32.2. The molecule has 162 valence electrons. The molecule has 2 saturated carbocycles. The molecular weight excluding hydrogens is 392 g/mol. The largest absolute Gasteiger partial charge is 0.365 e. The lowest BCUT2D eigenvalue weighted by Crippen LogP contribution is -2.53. The summed E-state index contributed by atoms with van der Waals surface area (Å²) in [6, 6.07) is -0.0957. The zero-order valence-electron chi connectivity index (χ0n) is 17.7. The quantitative estimate of drug-likeness (QED) is 0.424. The third-order valence-corrected chi connectivity index (χ3v) is 7.33. The summed E-state index contributed by atoms with van der Waals surface area (Å²) >= 11 is 5.94. The van der Waals surface area contributed by atoms with E-state index in [0.29, 0.717) is 17.8 Å². The van der Waals surface area contributed by atoms with Crippen molar-refractivity contribution in [2.75, 3.05) is 17.8 Å². The molecule has 0 bridgehead atoms. The Morgan fingerprint density at radius 1 is 1.07 bits per heavy atom. The summed E-state index contributed by atoms with van der Waals surface area (Å²) in [4.78, 5) is 31.6. The lowest BCUT2D eigenvalue weighted by molar-refractivity contribution is -0.224. The molecule has 28 heavy (non-hydrogen) atoms. The van der Waals surface area contributed by atoms with Crippen LogP contribution < -0.4 is 5.32 Å². The number of nitrogens with one attached hydrogen (secondary N) is 1. The van der Waals surface area contributed by atoms with Gasteiger partial charge in [-0.3, -0.25) is 4.79 Å². The van der Waals surface area contributed by atoms with Crippen LogP contribution >= 0.6 is 24.4 Å². The highest BCUT2D eigenvalue weighted by molar-refractivity contribution is 7.98. The fourth-order valence-corrected chi connectivity index (χ4v) is 5.34. The summed E-state index contributed by atoms with van der Waals surface area (Å²) in [6.45, 7) is 3.80. The van der Waals surface area contributed by atoms with Gasteiger partial charge < -0.3 is 10.2 Å². The summed E-state index contributed by atoms with van der Waals surface area (Å²) < 4.78 is 0. The molecule has 2 fully saturated rings. The zero-order chi connectivity index (χ0) is 20.6. The van der Waals surface area contributed by atoms with E-state index in [1.54, 1.807) is 11.8 Å². The Kier molecular flexibility index (Phi) is 9.98. The predicted molar refractivity (Wildman–Crippen MR) is 120 cm³/mol. The lowest BCUT2D eigenvalue weighted by atomic mass is 9.90. The number of thiol groups is 1. The summed E-state index contributed by atoms with van der Waals surface area (Å²) in [5.74, 6) is 0.436. The second-order valence-corrected chi connectivity index (χ2v) is 10.1. The average Bonchev–Trinajstić information content (AvgIpc) is 2.71. The molecule has 1 N–H and O–H groups in total. The number of carbonyl (C=O) groups is 2. The van der Waals surface area contributed by atoms with Gasteiger partial charge in [0.25, 0.3) is 0 Å². The first kappa shape index (κ1) is 23.9. The third kappa shape index (κ3) is 6.84. The van der Waals surface area contributed by atoms with Gasteiger partial charge in [-0.2, -0.15) is 24.4 Å². The molecule has 0 radical (unpaired) electrons. The van der Waals surface area contributed by atoms with Crippen molar-refractivity contribution in [3.05, 3.63) is 0 Å². The molecule has 0 heterocycles. The topological polar surface area (TPSA) is 58.6 Å². The smallest absolute Gasteiger partial charge is 0.348 e. The Morgan fingerprint density at radius 2 is 1.57 bits per heavy atom. The minimum Gasteiger partial charge on any atom is -0.365 e. The van der Waals surface area contributed by atoms with E-state index in [9.17, 15) is 9.59 Å². The standard InChI is InChI=1S/C21H38N2O3S2/c1-21(2,15-28-3)20(25)22-18(14-27)19(24)26-23(16-10-6-4-7-11-16)17-12-8-5-9-13-17/h16-18,27H,4-15H2,1-3H3,(H,22,25)/t18-/m0/s1. The molecule has 2 aliphatic rings. The summed E-state index contributed by atoms with van der Waals surface area (Å²) in [6.07, 6.45) is 13.6. The fourth-order valence-electron chi connectivity index (χ4n) is 4.24. The van der Waals surface area contributed by atoms with E-state index >= 15 is 0 Å². The predicted octanol–water partition coefficient (Wildman–Crippen LogP) is 4.22. The van der Waals surface area contributed by atoms with Gasteiger partial charge in [-0.05, 0) is 31.9 Å². The Hall–Kier alpha value is -0.400. The van der Waals surface area contributed by atoms with Crippen molar-refractivity contribution in [1.29, 1.82) is 0 Å². The van der Waals surface area contributed by atoms with Gasteiger partial charge in [-0.15, -0.1) is 5.06 Å². The molecular formula is C21H38N2O3S2. The number of hydrogen-bond donors (Lipinski definition) is 2. The molecule has 0 spiro atoms. The Bertz CT molecular complexity index is 486. The Labute approximate surface area is 180 Å². The maximum atomic E-state index is 13.0. The van der Waals surface area contributed by atoms with Gasteiger partial charge in [0.2, 0.25) is 5.91 Å². The Balaban J connectivity index is 2.03. The van der Waals surface area contributed by atoms with Crippen molar-refractivity contribution in [2.45, 2.75) is 96.2 Å². The van der Waals surface area contributed by atoms with Crippen molar-refractivity contribution < 1.29 is 14.4 Å². The van der Waals surface area contributed by atoms with Gasteiger partial charge in [0.05, 0.1) is 5.41 Å². The first-order valence-corrected chi connectivity index (χ1v) is 12.8. The van der Waals surface area contributed by atoms with Crippen LogP contribution in [0.3, 0.4) is 0 Å². The zero-order valence-corrected chi connectivity index (χ0v) is 19.5. The van der Waals surface area contributed by atoms with Crippen molar-refractivity contribution >= 4 is 36.3 Å². The second-order valence-electron chi connectivity index (χ2n) is 8.88. The molecule has 1 amide bonds. The van der Waals surface area contributed by atoms with Crippen LogP contribution in [0, 0.1) is 5.41 Å². The number of thioether (sulfide) groups is 1. The van der Waals surface area contributed by atoms with E-state index in [1.807, 2.05) is 25.2 Å². The number of carbonyl (C=O) groups excluding carboxylic acids is 2. The third-order valence-electron chi connectivity index (χ3n) is 5.96. The van der Waals surface area contributed by atoms with E-state index in [4.69, 9.17) is 4.84 Å². The summed E-state index contributed by atoms with van der Waals surface area (Å²) in [5.41, 5.74) is -0.534. The second kappa shape index (κ2) is 11.7. The first-order chi connectivity index (χ1) is 13.4. The van der Waals surface area contributed by atoms with Gasteiger partial charge in [0, 0.05) is 23.6 Å². The van der Waals surface area contributed by atoms with E-state index in [-0.39, 0.29) is 17.6 Å². The van der Waals surface area contributed by atoms with Crippen molar-refractivity contribution in [2.24, 2.45) is 5.41 Å². The van der Waals surface area contributed by atoms with Crippen LogP contribution in [0.4, 0.5) is 0 Å². The molecule has 0 aliphatic heterocycles. The van der Waals surface area contributed by atoms with Crippen LogP contribution in [0.2, 0.25) is 0 Å². The molecule has 0 aromatic heterocycles. The van der Waals surface area contributed by atoms with Gasteiger partial charge in [0.15, 0.2) is 0 Å². The normalized spacial score (nSPS) is 20.8. The fraction of sp³-hybridized carbons (Fsp3) is 0.905. The SMILES string of the molecule is CSCC(C)(C)C(=O)N[C@@H](CS)C(=O)ON(C1CCCCC1)C1CCCCC1. The maximum Gasteiger partial charge on any atom is 0.348 e.